The minimum Gasteiger partial charge on any atom is -0.537 e. The van der Waals surface area contributed by atoms with Crippen LogP contribution in [0.2, 0.25) is 13.1 Å². The Hall–Kier alpha value is -0.873. The first-order valence-electron chi connectivity index (χ1n) is 6.37. The lowest BCUT2D eigenvalue weighted by atomic mass is 10.3. The van der Waals surface area contributed by atoms with Crippen molar-refractivity contribution in [2.45, 2.75) is 16.5 Å². The van der Waals surface area contributed by atoms with Crippen LogP contribution >= 0.6 is 34.8 Å². The summed E-state index contributed by atoms with van der Waals surface area (Å²) in [6, 6.07) is 16.8. The lowest BCUT2D eigenvalue weighted by Gasteiger charge is -2.31. The largest absolute Gasteiger partial charge is 0.537 e. The van der Waals surface area contributed by atoms with Crippen LogP contribution in [0.5, 0.6) is 17.2 Å². The van der Waals surface area contributed by atoms with Crippen LogP contribution in [0, 0.1) is 0 Å². The van der Waals surface area contributed by atoms with Crippen molar-refractivity contribution in [3.05, 3.63) is 54.6 Å². The quantitative estimate of drug-likeness (QED) is 0.493. The molecule has 0 heterocycles. The van der Waals surface area contributed by atoms with Gasteiger partial charge in [0.05, 0.1) is 0 Å². The van der Waals surface area contributed by atoms with E-state index in [1.54, 1.807) is 0 Å². The molecule has 2 aromatic rings. The highest BCUT2D eigenvalue weighted by Crippen LogP contribution is 2.40. The van der Waals surface area contributed by atoms with Gasteiger partial charge in [-0.3, -0.25) is 0 Å². The predicted molar refractivity (Wildman–Crippen MR) is 91.4 cm³/mol. The van der Waals surface area contributed by atoms with E-state index in [0.717, 1.165) is 5.75 Å². The highest BCUT2D eigenvalue weighted by molar-refractivity contribution is 7.01. The first-order chi connectivity index (χ1) is 9.79. The van der Waals surface area contributed by atoms with Gasteiger partial charge in [0.1, 0.15) is 11.5 Å². The van der Waals surface area contributed by atoms with Crippen molar-refractivity contribution in [3.63, 3.8) is 0 Å². The Morgan fingerprint density at radius 2 is 1.33 bits per heavy atom. The molecule has 0 fully saturated rings. The van der Waals surface area contributed by atoms with Crippen molar-refractivity contribution >= 4 is 43.1 Å². The SMILES string of the molecule is C[Si](C)(Oc1ccccc1Oc1ccccc1)C(Cl)(Cl)Cl. The average Bonchev–Trinajstić information content (AvgIpc) is 2.40. The highest BCUT2D eigenvalue weighted by atomic mass is 35.6. The highest BCUT2D eigenvalue weighted by Gasteiger charge is 2.47. The van der Waals surface area contributed by atoms with Crippen molar-refractivity contribution in [1.82, 2.24) is 0 Å². The number of hydrogen-bond donors (Lipinski definition) is 0. The van der Waals surface area contributed by atoms with Crippen molar-refractivity contribution < 1.29 is 9.16 Å². The van der Waals surface area contributed by atoms with Crippen LogP contribution in [0.1, 0.15) is 0 Å². The normalized spacial score (nSPS) is 12.0. The summed E-state index contributed by atoms with van der Waals surface area (Å²) in [6.07, 6.45) is 0. The maximum atomic E-state index is 6.01. The summed E-state index contributed by atoms with van der Waals surface area (Å²) in [5, 5.41) is 0. The van der Waals surface area contributed by atoms with E-state index in [9.17, 15) is 0 Å². The fourth-order valence-electron chi connectivity index (χ4n) is 1.57. The number of alkyl halides is 3. The lowest BCUT2D eigenvalue weighted by Crippen LogP contribution is -2.48. The van der Waals surface area contributed by atoms with Crippen LogP contribution in [-0.4, -0.2) is 11.7 Å². The fraction of sp³-hybridized carbons (Fsp3) is 0.200. The van der Waals surface area contributed by atoms with Crippen molar-refractivity contribution in [1.29, 1.82) is 0 Å². The Labute approximate surface area is 140 Å². The van der Waals surface area contributed by atoms with Gasteiger partial charge in [0.2, 0.25) is 3.42 Å². The van der Waals surface area contributed by atoms with Crippen LogP contribution in [-0.2, 0) is 0 Å². The molecule has 0 amide bonds. The van der Waals surface area contributed by atoms with E-state index in [1.165, 1.54) is 0 Å². The van der Waals surface area contributed by atoms with Gasteiger partial charge in [0.15, 0.2) is 5.75 Å². The summed E-state index contributed by atoms with van der Waals surface area (Å²) in [6.45, 7) is 3.69. The molecule has 0 saturated carbocycles. The van der Waals surface area contributed by atoms with Gasteiger partial charge in [-0.25, -0.2) is 0 Å². The zero-order chi connectivity index (χ0) is 15.5. The molecule has 0 aromatic heterocycles. The summed E-state index contributed by atoms with van der Waals surface area (Å²) < 4.78 is 10.4. The summed E-state index contributed by atoms with van der Waals surface area (Å²) in [5.41, 5.74) is 0. The molecule has 2 aromatic carbocycles. The van der Waals surface area contributed by atoms with Gasteiger partial charge in [-0.1, -0.05) is 65.1 Å². The Balaban J connectivity index is 2.26. The van der Waals surface area contributed by atoms with Crippen molar-refractivity contribution in [2.24, 2.45) is 0 Å². The summed E-state index contributed by atoms with van der Waals surface area (Å²) >= 11 is 18.0. The molecule has 6 heteroatoms. The molecule has 0 spiro atoms. The summed E-state index contributed by atoms with van der Waals surface area (Å²) in [7, 11) is -2.58. The van der Waals surface area contributed by atoms with Crippen molar-refractivity contribution in [3.8, 4) is 17.2 Å². The predicted octanol–water partition coefficient (Wildman–Crippen LogP) is 5.97. The standard InChI is InChI=1S/C15H15Cl3O2Si/c1-21(2,15(16,17)18)20-14-11-7-6-10-13(14)19-12-8-4-3-5-9-12/h3-11H,1-2H3. The van der Waals surface area contributed by atoms with Crippen LogP contribution in [0.3, 0.4) is 0 Å². The number of para-hydroxylation sites is 3. The zero-order valence-corrected chi connectivity index (χ0v) is 14.9. The van der Waals surface area contributed by atoms with E-state index < -0.39 is 11.7 Å². The van der Waals surface area contributed by atoms with E-state index in [0.29, 0.717) is 11.5 Å². The van der Waals surface area contributed by atoms with Crippen LogP contribution in [0.25, 0.3) is 0 Å². The molecular formula is C15H15Cl3O2Si. The molecule has 112 valence electrons. The van der Waals surface area contributed by atoms with Crippen LogP contribution in [0.4, 0.5) is 0 Å². The molecule has 0 N–H and O–H groups in total. The molecule has 21 heavy (non-hydrogen) atoms. The lowest BCUT2D eigenvalue weighted by molar-refractivity contribution is 0.443. The van der Waals surface area contributed by atoms with Gasteiger partial charge >= 0.3 is 0 Å². The van der Waals surface area contributed by atoms with E-state index in [-0.39, 0.29) is 0 Å². The molecule has 0 radical (unpaired) electrons. The molecule has 2 nitrogen and oxygen atoms in total. The zero-order valence-electron chi connectivity index (χ0n) is 11.6. The van der Waals surface area contributed by atoms with Gasteiger partial charge in [-0.05, 0) is 37.4 Å². The third-order valence-electron chi connectivity index (χ3n) is 2.87. The summed E-state index contributed by atoms with van der Waals surface area (Å²) in [4.78, 5) is 0. The average molecular weight is 362 g/mol. The second-order valence-corrected chi connectivity index (χ2v) is 12.2. The molecule has 0 atom stereocenters. The second kappa shape index (κ2) is 6.49. The van der Waals surface area contributed by atoms with E-state index in [4.69, 9.17) is 44.0 Å². The van der Waals surface area contributed by atoms with E-state index in [2.05, 4.69) is 0 Å². The Morgan fingerprint density at radius 3 is 1.90 bits per heavy atom. The number of rotatable bonds is 4. The van der Waals surface area contributed by atoms with Gasteiger partial charge < -0.3 is 9.16 Å². The fourth-order valence-corrected chi connectivity index (χ4v) is 2.75. The first kappa shape index (κ1) is 16.5. The van der Waals surface area contributed by atoms with Crippen LogP contribution < -0.4 is 9.16 Å². The number of halogens is 3. The third-order valence-corrected chi connectivity index (χ3v) is 9.06. The smallest absolute Gasteiger partial charge is 0.298 e. The maximum Gasteiger partial charge on any atom is 0.298 e. The minimum absolute atomic E-state index is 0.573. The van der Waals surface area contributed by atoms with Gasteiger partial charge in [-0.15, -0.1) is 0 Å². The molecule has 2 rings (SSSR count). The topological polar surface area (TPSA) is 18.5 Å². The third kappa shape index (κ3) is 4.30. The summed E-state index contributed by atoms with van der Waals surface area (Å²) in [5.74, 6) is 1.89. The molecule has 0 bridgehead atoms. The Morgan fingerprint density at radius 1 is 0.810 bits per heavy atom. The number of hydrogen-bond acceptors (Lipinski definition) is 2. The minimum atomic E-state index is -2.58. The van der Waals surface area contributed by atoms with E-state index >= 15 is 0 Å². The monoisotopic (exact) mass is 360 g/mol. The first-order valence-corrected chi connectivity index (χ1v) is 10.4. The molecule has 0 unspecified atom stereocenters. The molecule has 0 aliphatic rings. The Kier molecular flexibility index (Phi) is 5.10. The van der Waals surface area contributed by atoms with Crippen molar-refractivity contribution in [2.75, 3.05) is 0 Å². The maximum absolute atomic E-state index is 6.01. The van der Waals surface area contributed by atoms with Crippen LogP contribution in [0.15, 0.2) is 54.6 Å². The van der Waals surface area contributed by atoms with E-state index in [1.807, 2.05) is 67.7 Å². The molecule has 0 aliphatic carbocycles. The van der Waals surface area contributed by atoms with Gasteiger partial charge in [-0.2, -0.15) is 0 Å². The number of ether oxygens (including phenoxy) is 1. The van der Waals surface area contributed by atoms with Gasteiger partial charge in [0.25, 0.3) is 8.32 Å². The molecule has 0 saturated heterocycles. The van der Waals surface area contributed by atoms with Gasteiger partial charge in [0, 0.05) is 0 Å². The Bertz CT molecular complexity index is 597. The molecule has 0 aliphatic heterocycles. The second-order valence-electron chi connectivity index (χ2n) is 4.97. The number of benzene rings is 2. The molecular weight excluding hydrogens is 347 g/mol.